The molecular weight excluding hydrogens is 290 g/mol. The third-order valence-electron chi connectivity index (χ3n) is 3.82. The van der Waals surface area contributed by atoms with Crippen molar-refractivity contribution in [1.29, 1.82) is 0 Å². The highest BCUT2D eigenvalue weighted by Crippen LogP contribution is 2.20. The number of fused-ring (bicyclic) bond motifs is 1. The lowest BCUT2D eigenvalue weighted by Crippen LogP contribution is -2.12. The van der Waals surface area contributed by atoms with Crippen LogP contribution < -0.4 is 10.1 Å². The van der Waals surface area contributed by atoms with Crippen molar-refractivity contribution in [1.82, 2.24) is 9.55 Å². The van der Waals surface area contributed by atoms with Gasteiger partial charge in [-0.05, 0) is 41.6 Å². The van der Waals surface area contributed by atoms with Crippen molar-refractivity contribution in [2.45, 2.75) is 12.8 Å². The smallest absolute Gasteiger partial charge is 0.224 e. The topological polar surface area (TPSA) is 56.1 Å². The van der Waals surface area contributed by atoms with Gasteiger partial charge in [-0.25, -0.2) is 0 Å². The summed E-state index contributed by atoms with van der Waals surface area (Å²) < 4.78 is 7.17. The number of nitrogens with zero attached hydrogens (tertiary/aromatic N) is 2. The molecule has 23 heavy (non-hydrogen) atoms. The van der Waals surface area contributed by atoms with Gasteiger partial charge in [0, 0.05) is 37.1 Å². The van der Waals surface area contributed by atoms with Crippen LogP contribution >= 0.6 is 0 Å². The van der Waals surface area contributed by atoms with Crippen molar-refractivity contribution in [3.8, 4) is 5.75 Å². The molecule has 0 aliphatic carbocycles. The Morgan fingerprint density at radius 3 is 2.96 bits per heavy atom. The van der Waals surface area contributed by atoms with Crippen LogP contribution in [0, 0.1) is 0 Å². The van der Waals surface area contributed by atoms with Crippen molar-refractivity contribution in [3.63, 3.8) is 0 Å². The number of hydrogen-bond acceptors (Lipinski definition) is 3. The first-order valence-corrected chi connectivity index (χ1v) is 7.48. The molecule has 0 saturated heterocycles. The van der Waals surface area contributed by atoms with E-state index in [1.54, 1.807) is 19.5 Å². The third kappa shape index (κ3) is 3.51. The molecule has 0 aliphatic rings. The molecule has 5 nitrogen and oxygen atoms in total. The molecule has 3 rings (SSSR count). The maximum absolute atomic E-state index is 12.1. The van der Waals surface area contributed by atoms with Gasteiger partial charge in [-0.15, -0.1) is 0 Å². The normalized spacial score (nSPS) is 10.7. The molecule has 0 spiro atoms. The van der Waals surface area contributed by atoms with E-state index in [1.807, 2.05) is 42.1 Å². The zero-order valence-corrected chi connectivity index (χ0v) is 13.2. The standard InChI is InChI=1S/C18H19N3O2/c1-21-8-7-14-4-5-15(10-17(14)21)20-18(22)6-3-13-9-16(23-2)12-19-11-13/h4-5,7-12H,3,6H2,1-2H3,(H,20,22). The molecule has 5 heteroatoms. The number of rotatable bonds is 5. The number of ether oxygens (including phenoxy) is 1. The summed E-state index contributed by atoms with van der Waals surface area (Å²) in [5.41, 5.74) is 2.89. The summed E-state index contributed by atoms with van der Waals surface area (Å²) in [7, 11) is 3.59. The minimum absolute atomic E-state index is 0.0126. The Labute approximate surface area is 134 Å². The number of carbonyl (C=O) groups is 1. The highest BCUT2D eigenvalue weighted by molar-refractivity contribution is 5.93. The monoisotopic (exact) mass is 309 g/mol. The second-order valence-electron chi connectivity index (χ2n) is 5.48. The number of aryl methyl sites for hydroxylation is 2. The number of aromatic nitrogens is 2. The van der Waals surface area contributed by atoms with Crippen LogP contribution in [0.15, 0.2) is 48.9 Å². The van der Waals surface area contributed by atoms with Crippen molar-refractivity contribution in [2.24, 2.45) is 7.05 Å². The number of amides is 1. The van der Waals surface area contributed by atoms with Gasteiger partial charge in [0.1, 0.15) is 5.75 Å². The number of methoxy groups -OCH3 is 1. The molecule has 1 amide bonds. The Hall–Kier alpha value is -2.82. The van der Waals surface area contributed by atoms with Crippen LogP contribution in [-0.2, 0) is 18.3 Å². The summed E-state index contributed by atoms with van der Waals surface area (Å²) in [6, 6.07) is 9.87. The molecule has 118 valence electrons. The minimum Gasteiger partial charge on any atom is -0.495 e. The van der Waals surface area contributed by atoms with Gasteiger partial charge in [0.15, 0.2) is 0 Å². The second-order valence-corrected chi connectivity index (χ2v) is 5.48. The van der Waals surface area contributed by atoms with Crippen LogP contribution in [0.4, 0.5) is 5.69 Å². The van der Waals surface area contributed by atoms with Crippen LogP contribution in [0.25, 0.3) is 10.9 Å². The fraction of sp³-hybridized carbons (Fsp3) is 0.222. The van der Waals surface area contributed by atoms with Gasteiger partial charge in [0.05, 0.1) is 13.3 Å². The van der Waals surface area contributed by atoms with Gasteiger partial charge in [-0.2, -0.15) is 0 Å². The lowest BCUT2D eigenvalue weighted by molar-refractivity contribution is -0.116. The lowest BCUT2D eigenvalue weighted by atomic mass is 10.1. The van der Waals surface area contributed by atoms with E-state index < -0.39 is 0 Å². The van der Waals surface area contributed by atoms with Gasteiger partial charge in [0.2, 0.25) is 5.91 Å². The van der Waals surface area contributed by atoms with E-state index in [2.05, 4.69) is 16.4 Å². The summed E-state index contributed by atoms with van der Waals surface area (Å²) in [4.78, 5) is 16.2. The number of benzene rings is 1. The van der Waals surface area contributed by atoms with Crippen LogP contribution in [0.1, 0.15) is 12.0 Å². The Balaban J connectivity index is 1.62. The Bertz CT molecular complexity index is 839. The maximum Gasteiger partial charge on any atom is 0.224 e. The van der Waals surface area contributed by atoms with Gasteiger partial charge in [-0.1, -0.05) is 6.07 Å². The largest absolute Gasteiger partial charge is 0.495 e. The molecule has 0 aliphatic heterocycles. The summed E-state index contributed by atoms with van der Waals surface area (Å²) in [5, 5.41) is 4.11. The molecule has 0 atom stereocenters. The molecule has 0 radical (unpaired) electrons. The number of pyridine rings is 1. The summed E-state index contributed by atoms with van der Waals surface area (Å²) in [5.74, 6) is 0.693. The van der Waals surface area contributed by atoms with Crippen molar-refractivity contribution in [2.75, 3.05) is 12.4 Å². The quantitative estimate of drug-likeness (QED) is 0.787. The molecule has 1 N–H and O–H groups in total. The van der Waals surface area contributed by atoms with E-state index >= 15 is 0 Å². The van der Waals surface area contributed by atoms with Crippen molar-refractivity contribution < 1.29 is 9.53 Å². The Morgan fingerprint density at radius 1 is 1.26 bits per heavy atom. The first-order chi connectivity index (χ1) is 11.2. The van der Waals surface area contributed by atoms with Crippen LogP contribution in [0.5, 0.6) is 5.75 Å². The number of carbonyl (C=O) groups excluding carboxylic acids is 1. The van der Waals surface area contributed by atoms with E-state index in [1.165, 1.54) is 0 Å². The first-order valence-electron chi connectivity index (χ1n) is 7.48. The zero-order valence-electron chi connectivity index (χ0n) is 13.2. The Morgan fingerprint density at radius 2 is 2.13 bits per heavy atom. The molecule has 2 heterocycles. The fourth-order valence-corrected chi connectivity index (χ4v) is 2.53. The van der Waals surface area contributed by atoms with Crippen LogP contribution in [-0.4, -0.2) is 22.6 Å². The first kappa shape index (κ1) is 15.1. The average molecular weight is 309 g/mol. The molecule has 0 saturated carbocycles. The van der Waals surface area contributed by atoms with Crippen molar-refractivity contribution >= 4 is 22.5 Å². The van der Waals surface area contributed by atoms with E-state index in [0.717, 1.165) is 22.2 Å². The van der Waals surface area contributed by atoms with Crippen LogP contribution in [0.3, 0.4) is 0 Å². The zero-order chi connectivity index (χ0) is 16.2. The van der Waals surface area contributed by atoms with E-state index in [9.17, 15) is 4.79 Å². The van der Waals surface area contributed by atoms with E-state index in [-0.39, 0.29) is 5.91 Å². The second kappa shape index (κ2) is 6.52. The molecule has 3 aromatic rings. The molecule has 0 fully saturated rings. The van der Waals surface area contributed by atoms with Crippen molar-refractivity contribution in [3.05, 3.63) is 54.5 Å². The third-order valence-corrected chi connectivity index (χ3v) is 3.82. The fourth-order valence-electron chi connectivity index (χ4n) is 2.53. The average Bonchev–Trinajstić information content (AvgIpc) is 2.94. The van der Waals surface area contributed by atoms with Gasteiger partial charge >= 0.3 is 0 Å². The van der Waals surface area contributed by atoms with Crippen LogP contribution in [0.2, 0.25) is 0 Å². The van der Waals surface area contributed by atoms with Gasteiger partial charge < -0.3 is 14.6 Å². The Kier molecular flexibility index (Phi) is 4.28. The molecular formula is C18H19N3O2. The highest BCUT2D eigenvalue weighted by atomic mass is 16.5. The number of anilines is 1. The molecule has 2 aromatic heterocycles. The molecule has 1 aromatic carbocycles. The van der Waals surface area contributed by atoms with E-state index in [0.29, 0.717) is 18.6 Å². The number of nitrogens with one attached hydrogen (secondary N) is 1. The SMILES string of the molecule is COc1cncc(CCC(=O)Nc2ccc3ccn(C)c3c2)c1. The highest BCUT2D eigenvalue weighted by Gasteiger charge is 2.06. The predicted octanol–water partition coefficient (Wildman–Crippen LogP) is 3.15. The lowest BCUT2D eigenvalue weighted by Gasteiger charge is -2.07. The van der Waals surface area contributed by atoms with Gasteiger partial charge in [0.25, 0.3) is 0 Å². The maximum atomic E-state index is 12.1. The predicted molar refractivity (Wildman–Crippen MR) is 90.7 cm³/mol. The minimum atomic E-state index is -0.0126. The van der Waals surface area contributed by atoms with E-state index in [4.69, 9.17) is 4.74 Å². The number of hydrogen-bond donors (Lipinski definition) is 1. The molecule has 0 unspecified atom stereocenters. The summed E-state index contributed by atoms with van der Waals surface area (Å²) >= 11 is 0. The van der Waals surface area contributed by atoms with Gasteiger partial charge in [-0.3, -0.25) is 9.78 Å². The molecule has 0 bridgehead atoms. The summed E-state index contributed by atoms with van der Waals surface area (Å²) in [6.07, 6.45) is 6.44. The summed E-state index contributed by atoms with van der Waals surface area (Å²) in [6.45, 7) is 0.